The molecule has 1 atom stereocenters. The summed E-state index contributed by atoms with van der Waals surface area (Å²) in [6.07, 6.45) is 0. The molecule has 0 aliphatic heterocycles. The van der Waals surface area contributed by atoms with Crippen LogP contribution in [0.2, 0.25) is 0 Å². The second-order valence-corrected chi connectivity index (χ2v) is 4.78. The standard InChI is InChI=1S/C14H16F2N4O/c1-8-6-13(20(3)19-8)18-14(21)17-9(2)11-5-4-10(15)7-12(11)16/h4-7,9H,1-3H3,(H2,17,18,21). The van der Waals surface area contributed by atoms with Crippen molar-refractivity contribution in [2.45, 2.75) is 19.9 Å². The summed E-state index contributed by atoms with van der Waals surface area (Å²) in [5, 5.41) is 9.30. The Morgan fingerprint density at radius 1 is 1.33 bits per heavy atom. The lowest BCUT2D eigenvalue weighted by atomic mass is 10.1. The number of benzene rings is 1. The van der Waals surface area contributed by atoms with Gasteiger partial charge in [-0.1, -0.05) is 6.07 Å². The monoisotopic (exact) mass is 294 g/mol. The predicted octanol–water partition coefficient (Wildman–Crippen LogP) is 2.89. The van der Waals surface area contributed by atoms with Gasteiger partial charge in [0.15, 0.2) is 0 Å². The number of carbonyl (C=O) groups excluding carboxylic acids is 1. The van der Waals surface area contributed by atoms with Crippen LogP contribution in [0.3, 0.4) is 0 Å². The molecule has 0 saturated heterocycles. The van der Waals surface area contributed by atoms with Gasteiger partial charge < -0.3 is 5.32 Å². The van der Waals surface area contributed by atoms with Gasteiger partial charge in [-0.15, -0.1) is 0 Å². The van der Waals surface area contributed by atoms with Crippen molar-refractivity contribution in [3.05, 3.63) is 47.2 Å². The van der Waals surface area contributed by atoms with E-state index < -0.39 is 23.7 Å². The molecule has 2 aromatic rings. The fraction of sp³-hybridized carbons (Fsp3) is 0.286. The zero-order valence-corrected chi connectivity index (χ0v) is 11.9. The van der Waals surface area contributed by atoms with Crippen LogP contribution in [0, 0.1) is 18.6 Å². The summed E-state index contributed by atoms with van der Waals surface area (Å²) in [5.41, 5.74) is 0.984. The summed E-state index contributed by atoms with van der Waals surface area (Å²) in [4.78, 5) is 11.9. The van der Waals surface area contributed by atoms with E-state index in [0.29, 0.717) is 5.82 Å². The zero-order chi connectivity index (χ0) is 15.6. The summed E-state index contributed by atoms with van der Waals surface area (Å²) in [5.74, 6) is -0.825. The van der Waals surface area contributed by atoms with Gasteiger partial charge >= 0.3 is 6.03 Å². The van der Waals surface area contributed by atoms with Crippen LogP contribution in [0.1, 0.15) is 24.2 Å². The second kappa shape index (κ2) is 5.90. The fourth-order valence-electron chi connectivity index (χ4n) is 2.01. The first-order valence-corrected chi connectivity index (χ1v) is 6.40. The van der Waals surface area contributed by atoms with E-state index in [0.717, 1.165) is 17.8 Å². The van der Waals surface area contributed by atoms with E-state index in [1.807, 2.05) is 0 Å². The molecule has 1 aromatic heterocycles. The van der Waals surface area contributed by atoms with Crippen LogP contribution in [-0.2, 0) is 7.05 Å². The highest BCUT2D eigenvalue weighted by Gasteiger charge is 2.15. The largest absolute Gasteiger partial charge is 0.331 e. The number of aryl methyl sites for hydroxylation is 2. The maximum Gasteiger partial charge on any atom is 0.320 e. The maximum atomic E-state index is 13.6. The van der Waals surface area contributed by atoms with Crippen molar-refractivity contribution >= 4 is 11.8 Å². The number of anilines is 1. The molecule has 0 radical (unpaired) electrons. The minimum absolute atomic E-state index is 0.215. The van der Waals surface area contributed by atoms with E-state index in [4.69, 9.17) is 0 Å². The van der Waals surface area contributed by atoms with Crippen LogP contribution in [0.15, 0.2) is 24.3 Å². The van der Waals surface area contributed by atoms with Gasteiger partial charge in [0, 0.05) is 24.7 Å². The minimum Gasteiger partial charge on any atom is -0.331 e. The molecule has 2 amide bonds. The normalized spacial score (nSPS) is 12.0. The van der Waals surface area contributed by atoms with Crippen LogP contribution < -0.4 is 10.6 Å². The van der Waals surface area contributed by atoms with Gasteiger partial charge in [-0.3, -0.25) is 10.00 Å². The van der Waals surface area contributed by atoms with Crippen molar-refractivity contribution in [3.63, 3.8) is 0 Å². The van der Waals surface area contributed by atoms with Crippen molar-refractivity contribution in [3.8, 4) is 0 Å². The highest BCUT2D eigenvalue weighted by Crippen LogP contribution is 2.18. The van der Waals surface area contributed by atoms with E-state index in [2.05, 4.69) is 15.7 Å². The fourth-order valence-corrected chi connectivity index (χ4v) is 2.01. The highest BCUT2D eigenvalue weighted by molar-refractivity contribution is 5.88. The molecule has 112 valence electrons. The molecule has 0 spiro atoms. The van der Waals surface area contributed by atoms with Gasteiger partial charge in [0.05, 0.1) is 11.7 Å². The van der Waals surface area contributed by atoms with Crippen LogP contribution in [0.5, 0.6) is 0 Å². The molecule has 5 nitrogen and oxygen atoms in total. The third-order valence-electron chi connectivity index (χ3n) is 3.02. The summed E-state index contributed by atoms with van der Waals surface area (Å²) in [7, 11) is 1.70. The first-order valence-electron chi connectivity index (χ1n) is 6.40. The molecular weight excluding hydrogens is 278 g/mol. The Hall–Kier alpha value is -2.44. The molecule has 0 aliphatic carbocycles. The lowest BCUT2D eigenvalue weighted by molar-refractivity contribution is 0.249. The molecule has 2 rings (SSSR count). The van der Waals surface area contributed by atoms with E-state index in [-0.39, 0.29) is 5.56 Å². The Balaban J connectivity index is 2.03. The van der Waals surface area contributed by atoms with Crippen molar-refractivity contribution in [2.24, 2.45) is 7.05 Å². The first kappa shape index (κ1) is 15.0. The Morgan fingerprint density at radius 2 is 2.05 bits per heavy atom. The quantitative estimate of drug-likeness (QED) is 0.914. The van der Waals surface area contributed by atoms with Gasteiger partial charge in [-0.25, -0.2) is 13.6 Å². The molecular formula is C14H16F2N4O. The van der Waals surface area contributed by atoms with E-state index in [1.54, 1.807) is 27.0 Å². The number of nitrogens with one attached hydrogen (secondary N) is 2. The van der Waals surface area contributed by atoms with Crippen molar-refractivity contribution in [1.29, 1.82) is 0 Å². The number of amides is 2. The number of hydrogen-bond acceptors (Lipinski definition) is 2. The Labute approximate surface area is 121 Å². The van der Waals surface area contributed by atoms with Crippen molar-refractivity contribution in [1.82, 2.24) is 15.1 Å². The van der Waals surface area contributed by atoms with Gasteiger partial charge in [0.25, 0.3) is 0 Å². The van der Waals surface area contributed by atoms with Gasteiger partial charge in [0.1, 0.15) is 17.5 Å². The minimum atomic E-state index is -0.695. The molecule has 21 heavy (non-hydrogen) atoms. The molecule has 1 aromatic carbocycles. The van der Waals surface area contributed by atoms with Crippen LogP contribution in [-0.4, -0.2) is 15.8 Å². The van der Waals surface area contributed by atoms with Crippen molar-refractivity contribution in [2.75, 3.05) is 5.32 Å². The smallest absolute Gasteiger partial charge is 0.320 e. The Morgan fingerprint density at radius 3 is 2.62 bits per heavy atom. The molecule has 1 unspecified atom stereocenters. The Kier molecular flexibility index (Phi) is 4.21. The number of aromatic nitrogens is 2. The van der Waals surface area contributed by atoms with Crippen molar-refractivity contribution < 1.29 is 13.6 Å². The van der Waals surface area contributed by atoms with Gasteiger partial charge in [-0.05, 0) is 19.9 Å². The number of urea groups is 1. The number of halogens is 2. The summed E-state index contributed by atoms with van der Waals surface area (Å²) in [6, 6.07) is 3.87. The molecule has 1 heterocycles. The number of rotatable bonds is 3. The highest BCUT2D eigenvalue weighted by atomic mass is 19.1. The molecule has 0 saturated carbocycles. The lowest BCUT2D eigenvalue weighted by Gasteiger charge is -2.15. The zero-order valence-electron chi connectivity index (χ0n) is 11.9. The maximum absolute atomic E-state index is 13.6. The molecule has 0 bridgehead atoms. The summed E-state index contributed by atoms with van der Waals surface area (Å²) < 4.78 is 28.0. The average molecular weight is 294 g/mol. The first-order chi connectivity index (χ1) is 9.86. The van der Waals surface area contributed by atoms with Crippen LogP contribution in [0.25, 0.3) is 0 Å². The predicted molar refractivity (Wildman–Crippen MR) is 74.9 cm³/mol. The topological polar surface area (TPSA) is 59.0 Å². The summed E-state index contributed by atoms with van der Waals surface area (Å²) >= 11 is 0. The SMILES string of the molecule is Cc1cc(NC(=O)NC(C)c2ccc(F)cc2F)n(C)n1. The summed E-state index contributed by atoms with van der Waals surface area (Å²) in [6.45, 7) is 3.42. The Bertz CT molecular complexity index is 669. The molecule has 0 aliphatic rings. The molecule has 2 N–H and O–H groups in total. The second-order valence-electron chi connectivity index (χ2n) is 4.78. The van der Waals surface area contributed by atoms with E-state index in [9.17, 15) is 13.6 Å². The number of hydrogen-bond donors (Lipinski definition) is 2. The van der Waals surface area contributed by atoms with E-state index >= 15 is 0 Å². The van der Waals surface area contributed by atoms with Crippen LogP contribution in [0.4, 0.5) is 19.4 Å². The van der Waals surface area contributed by atoms with Gasteiger partial charge in [0.2, 0.25) is 0 Å². The van der Waals surface area contributed by atoms with Gasteiger partial charge in [-0.2, -0.15) is 5.10 Å². The number of carbonyl (C=O) groups is 1. The van der Waals surface area contributed by atoms with Crippen LogP contribution >= 0.6 is 0 Å². The van der Waals surface area contributed by atoms with E-state index in [1.165, 1.54) is 10.7 Å². The number of nitrogens with zero attached hydrogens (tertiary/aromatic N) is 2. The lowest BCUT2D eigenvalue weighted by Crippen LogP contribution is -2.32. The molecule has 0 fully saturated rings. The molecule has 7 heteroatoms. The third kappa shape index (κ3) is 3.56. The average Bonchev–Trinajstić information content (AvgIpc) is 2.67. The third-order valence-corrected chi connectivity index (χ3v) is 3.02.